The third kappa shape index (κ3) is 3.62. The number of hydrogen-bond acceptors (Lipinski definition) is 0. The summed E-state index contributed by atoms with van der Waals surface area (Å²) in [6.45, 7) is 0. The molecule has 0 aromatic heterocycles. The number of hydrogen-bond donors (Lipinski definition) is 0. The average Bonchev–Trinajstić information content (AvgIpc) is 2.21. The molecule has 2 aromatic carbocycles. The van der Waals surface area contributed by atoms with Crippen molar-refractivity contribution in [3.05, 3.63) is 67.8 Å². The zero-order valence-electron chi connectivity index (χ0n) is 7.60. The third-order valence-corrected chi connectivity index (χ3v) is 4.37. The van der Waals surface area contributed by atoms with E-state index in [1.807, 2.05) is 0 Å². The van der Waals surface area contributed by atoms with E-state index >= 15 is 0 Å². The molecule has 0 saturated heterocycles. The molecule has 2 aromatic rings. The second kappa shape index (κ2) is 6.47. The predicted molar refractivity (Wildman–Crippen MR) is 56.0 cm³/mol. The van der Waals surface area contributed by atoms with Gasteiger partial charge >= 0.3 is 45.6 Å². The van der Waals surface area contributed by atoms with Gasteiger partial charge in [0.15, 0.2) is 7.14 Å². The summed E-state index contributed by atoms with van der Waals surface area (Å²) in [4.78, 5) is 0. The molecule has 0 unspecified atom stereocenters. The fourth-order valence-corrected chi connectivity index (χ4v) is 3.35. The van der Waals surface area contributed by atoms with Gasteiger partial charge in [-0.15, -0.1) is 0 Å². The monoisotopic (exact) mass is 402 g/mol. The zero-order chi connectivity index (χ0) is 8.93. The average molecular weight is 403 g/mol. The topological polar surface area (TPSA) is 0 Å². The van der Waals surface area contributed by atoms with Crippen LogP contribution in [0.5, 0.6) is 0 Å². The summed E-state index contributed by atoms with van der Waals surface area (Å²) >= 11 is 0.0287. The van der Waals surface area contributed by atoms with Gasteiger partial charge in [0.05, 0.1) is 0 Å². The second-order valence-electron chi connectivity index (χ2n) is 2.69. The van der Waals surface area contributed by atoms with Gasteiger partial charge in [-0.05, 0) is 24.3 Å². The fourth-order valence-electron chi connectivity index (χ4n) is 1.08. The van der Waals surface area contributed by atoms with Crippen LogP contribution >= 0.6 is 0 Å². The molecule has 0 aliphatic rings. The summed E-state index contributed by atoms with van der Waals surface area (Å²) in [5.41, 5.74) is 0. The minimum Gasteiger partial charge on any atom is -0.0619 e. The molecule has 0 aliphatic heterocycles. The second-order valence-corrected chi connectivity index (χ2v) is 5.72. The maximum absolute atomic E-state index is 2.21. The molecule has 2 heteroatoms. The first kappa shape index (κ1) is 12.1. The Kier molecular flexibility index (Phi) is 5.57. The Morgan fingerprint density at radius 2 is 0.929 bits per heavy atom. The van der Waals surface area contributed by atoms with Crippen LogP contribution in [-0.4, -0.2) is 24.4 Å². The third-order valence-electron chi connectivity index (χ3n) is 1.68. The summed E-state index contributed by atoms with van der Waals surface area (Å²) in [5.74, 6) is 0. The summed E-state index contributed by atoms with van der Waals surface area (Å²) < 4.78 is 2.96. The van der Waals surface area contributed by atoms with Crippen LogP contribution in [0.3, 0.4) is 0 Å². The molecule has 0 N–H and O–H groups in total. The van der Waals surface area contributed by atoms with Crippen molar-refractivity contribution in [1.29, 1.82) is 0 Å². The zero-order valence-corrected chi connectivity index (χ0v) is 12.3. The van der Waals surface area contributed by atoms with Gasteiger partial charge in [0, 0.05) is 0 Å². The molecule has 14 heavy (non-hydrogen) atoms. The van der Waals surface area contributed by atoms with Crippen molar-refractivity contribution in [2.24, 2.45) is 0 Å². The van der Waals surface area contributed by atoms with Gasteiger partial charge in [-0.1, -0.05) is 36.4 Å². The Bertz CT molecular complexity index is 321. The molecule has 0 heterocycles. The molecule has 66 valence electrons. The van der Waals surface area contributed by atoms with Crippen molar-refractivity contribution in [3.8, 4) is 0 Å². The standard InChI is InChI=1S/C12H10I.Sb/c1-3-7-11(8-4-1)13-12-9-5-2-6-10-12;/h1-10H;/q+1;+3. The van der Waals surface area contributed by atoms with E-state index in [4.69, 9.17) is 0 Å². The van der Waals surface area contributed by atoms with Crippen LogP contribution in [0, 0.1) is 7.14 Å². The molecular formula is C12H10ISb+4. The van der Waals surface area contributed by atoms with Crippen molar-refractivity contribution < 1.29 is 21.2 Å². The Hall–Kier alpha value is -0.0118. The quantitative estimate of drug-likeness (QED) is 0.466. The van der Waals surface area contributed by atoms with Gasteiger partial charge in [0.25, 0.3) is 0 Å². The van der Waals surface area contributed by atoms with Crippen molar-refractivity contribution in [3.63, 3.8) is 0 Å². The summed E-state index contributed by atoms with van der Waals surface area (Å²) in [7, 11) is 0. The van der Waals surface area contributed by atoms with Gasteiger partial charge in [-0.2, -0.15) is 0 Å². The van der Waals surface area contributed by atoms with E-state index in [-0.39, 0.29) is 45.6 Å². The van der Waals surface area contributed by atoms with Crippen LogP contribution in [-0.2, 0) is 0 Å². The van der Waals surface area contributed by atoms with Gasteiger partial charge in [-0.3, -0.25) is 0 Å². The van der Waals surface area contributed by atoms with E-state index in [0.29, 0.717) is 0 Å². The van der Waals surface area contributed by atoms with Crippen molar-refractivity contribution in [2.45, 2.75) is 0 Å². The molecule has 0 saturated carbocycles. The minimum absolute atomic E-state index is 0. The first-order valence-corrected chi connectivity index (χ1v) is 6.36. The van der Waals surface area contributed by atoms with Gasteiger partial charge < -0.3 is 0 Å². The molecule has 0 nitrogen and oxygen atoms in total. The van der Waals surface area contributed by atoms with Crippen LogP contribution in [0.2, 0.25) is 0 Å². The Balaban J connectivity index is 0.000000980. The van der Waals surface area contributed by atoms with Crippen molar-refractivity contribution >= 4 is 24.4 Å². The summed E-state index contributed by atoms with van der Waals surface area (Å²) in [6, 6.07) is 21.4. The maximum atomic E-state index is 2.21. The Labute approximate surface area is 112 Å². The number of halogens is 1. The molecule has 0 spiro atoms. The van der Waals surface area contributed by atoms with Crippen molar-refractivity contribution in [2.75, 3.05) is 0 Å². The van der Waals surface area contributed by atoms with Gasteiger partial charge in [0.1, 0.15) is 0 Å². The van der Waals surface area contributed by atoms with Crippen LogP contribution in [0.25, 0.3) is 0 Å². The van der Waals surface area contributed by atoms with Crippen LogP contribution < -0.4 is 21.2 Å². The molecule has 0 amide bonds. The molecule has 2 radical (unpaired) electrons. The molecule has 0 bridgehead atoms. The predicted octanol–water partition coefficient (Wildman–Crippen LogP) is -0.566. The molecule has 0 aliphatic carbocycles. The van der Waals surface area contributed by atoms with Crippen LogP contribution in [0.1, 0.15) is 0 Å². The van der Waals surface area contributed by atoms with E-state index in [2.05, 4.69) is 60.7 Å². The summed E-state index contributed by atoms with van der Waals surface area (Å²) in [6.07, 6.45) is 0. The molecule has 0 fully saturated rings. The summed E-state index contributed by atoms with van der Waals surface area (Å²) in [5, 5.41) is 0. The van der Waals surface area contributed by atoms with E-state index in [1.165, 1.54) is 7.14 Å². The van der Waals surface area contributed by atoms with Gasteiger partial charge in [0.2, 0.25) is 0 Å². The number of rotatable bonds is 2. The first-order chi connectivity index (χ1) is 6.45. The van der Waals surface area contributed by atoms with Crippen LogP contribution in [0.4, 0.5) is 0 Å². The molecular weight excluding hydrogens is 393 g/mol. The minimum atomic E-state index is 0. The van der Waals surface area contributed by atoms with Crippen molar-refractivity contribution in [1.82, 2.24) is 0 Å². The Morgan fingerprint density at radius 3 is 1.29 bits per heavy atom. The SMILES string of the molecule is [Sb+3].c1ccc([I+]c2ccccc2)cc1. The van der Waals surface area contributed by atoms with E-state index in [9.17, 15) is 0 Å². The maximum Gasteiger partial charge on any atom is 3.00 e. The fraction of sp³-hybridized carbons (Fsp3) is 0. The number of benzene rings is 2. The normalized spacial score (nSPS) is 9.14. The smallest absolute Gasteiger partial charge is 0.0619 e. The molecule has 0 atom stereocenters. The van der Waals surface area contributed by atoms with E-state index < -0.39 is 0 Å². The largest absolute Gasteiger partial charge is 3.00 e. The van der Waals surface area contributed by atoms with Gasteiger partial charge in [-0.25, -0.2) is 0 Å². The van der Waals surface area contributed by atoms with E-state index in [0.717, 1.165) is 0 Å². The van der Waals surface area contributed by atoms with Crippen LogP contribution in [0.15, 0.2) is 60.7 Å². The first-order valence-electron chi connectivity index (χ1n) is 4.20. The van der Waals surface area contributed by atoms with E-state index in [1.54, 1.807) is 0 Å². The molecule has 2 rings (SSSR count). The Morgan fingerprint density at radius 1 is 0.571 bits per heavy atom.